The summed E-state index contributed by atoms with van der Waals surface area (Å²) in [7, 11) is 0. The van der Waals surface area contributed by atoms with Crippen molar-refractivity contribution < 1.29 is 9.53 Å². The standard InChI is InChI=1S/C15H19N3O2/c1-10-5-4-6-13(9-10)20-8-7-14(19)16-15-11(2)12(3)17-18-15/h4-6,9H,7-8H2,1-3H3,(H2,16,17,18,19). The lowest BCUT2D eigenvalue weighted by atomic mass is 10.2. The second-order valence-corrected chi connectivity index (χ2v) is 4.79. The molecular formula is C15H19N3O2. The number of H-pyrrole nitrogens is 1. The lowest BCUT2D eigenvalue weighted by Gasteiger charge is -2.07. The van der Waals surface area contributed by atoms with Crippen LogP contribution in [0.3, 0.4) is 0 Å². The molecule has 106 valence electrons. The zero-order chi connectivity index (χ0) is 14.5. The van der Waals surface area contributed by atoms with Gasteiger partial charge in [-0.2, -0.15) is 5.10 Å². The van der Waals surface area contributed by atoms with Crippen molar-refractivity contribution in [2.75, 3.05) is 11.9 Å². The number of carbonyl (C=O) groups is 1. The molecule has 0 saturated heterocycles. The molecule has 1 aromatic carbocycles. The van der Waals surface area contributed by atoms with E-state index < -0.39 is 0 Å². The molecule has 0 aliphatic heterocycles. The minimum absolute atomic E-state index is 0.104. The molecule has 1 heterocycles. The van der Waals surface area contributed by atoms with Crippen molar-refractivity contribution in [2.24, 2.45) is 0 Å². The number of anilines is 1. The molecule has 0 aliphatic rings. The molecule has 1 amide bonds. The fourth-order valence-corrected chi connectivity index (χ4v) is 1.77. The minimum atomic E-state index is -0.104. The Morgan fingerprint density at radius 2 is 2.15 bits per heavy atom. The lowest BCUT2D eigenvalue weighted by Crippen LogP contribution is -2.16. The summed E-state index contributed by atoms with van der Waals surface area (Å²) in [6.45, 7) is 6.18. The van der Waals surface area contributed by atoms with E-state index >= 15 is 0 Å². The third-order valence-corrected chi connectivity index (χ3v) is 3.10. The first-order valence-electron chi connectivity index (χ1n) is 6.57. The van der Waals surface area contributed by atoms with Crippen LogP contribution in [0.1, 0.15) is 23.2 Å². The number of ether oxygens (including phenoxy) is 1. The molecule has 2 aromatic rings. The molecule has 5 nitrogen and oxygen atoms in total. The van der Waals surface area contributed by atoms with E-state index in [0.29, 0.717) is 18.8 Å². The van der Waals surface area contributed by atoms with E-state index in [2.05, 4.69) is 15.5 Å². The summed E-state index contributed by atoms with van der Waals surface area (Å²) >= 11 is 0. The molecule has 20 heavy (non-hydrogen) atoms. The molecule has 0 radical (unpaired) electrons. The first kappa shape index (κ1) is 14.1. The van der Waals surface area contributed by atoms with E-state index in [9.17, 15) is 4.79 Å². The summed E-state index contributed by atoms with van der Waals surface area (Å²) in [5, 5.41) is 9.64. The summed E-state index contributed by atoms with van der Waals surface area (Å²) < 4.78 is 5.54. The van der Waals surface area contributed by atoms with Crippen molar-refractivity contribution >= 4 is 11.7 Å². The Morgan fingerprint density at radius 1 is 1.35 bits per heavy atom. The number of carbonyl (C=O) groups excluding carboxylic acids is 1. The van der Waals surface area contributed by atoms with Gasteiger partial charge >= 0.3 is 0 Å². The van der Waals surface area contributed by atoms with Gasteiger partial charge in [0.1, 0.15) is 5.75 Å². The van der Waals surface area contributed by atoms with Crippen LogP contribution in [0.15, 0.2) is 24.3 Å². The van der Waals surface area contributed by atoms with Crippen LogP contribution in [0, 0.1) is 20.8 Å². The van der Waals surface area contributed by atoms with Crippen molar-refractivity contribution in [3.05, 3.63) is 41.1 Å². The molecular weight excluding hydrogens is 254 g/mol. The largest absolute Gasteiger partial charge is 0.493 e. The SMILES string of the molecule is Cc1cccc(OCCC(=O)Nc2n[nH]c(C)c2C)c1. The van der Waals surface area contributed by atoms with Crippen LogP contribution < -0.4 is 10.1 Å². The lowest BCUT2D eigenvalue weighted by molar-refractivity contribution is -0.116. The Bertz CT molecular complexity index is 605. The number of aryl methyl sites for hydroxylation is 2. The summed E-state index contributed by atoms with van der Waals surface area (Å²) in [6, 6.07) is 7.76. The number of aromatic nitrogens is 2. The molecule has 0 bridgehead atoms. The zero-order valence-electron chi connectivity index (χ0n) is 12.0. The monoisotopic (exact) mass is 273 g/mol. The molecule has 0 unspecified atom stereocenters. The number of benzene rings is 1. The molecule has 2 N–H and O–H groups in total. The second kappa shape index (κ2) is 6.23. The average molecular weight is 273 g/mol. The van der Waals surface area contributed by atoms with Crippen molar-refractivity contribution in [3.63, 3.8) is 0 Å². The average Bonchev–Trinajstić information content (AvgIpc) is 2.71. The van der Waals surface area contributed by atoms with Gasteiger partial charge in [0.25, 0.3) is 0 Å². The van der Waals surface area contributed by atoms with Crippen molar-refractivity contribution in [1.82, 2.24) is 10.2 Å². The van der Waals surface area contributed by atoms with Crippen molar-refractivity contribution in [2.45, 2.75) is 27.2 Å². The smallest absolute Gasteiger partial charge is 0.229 e. The number of aromatic amines is 1. The third kappa shape index (κ3) is 3.60. The van der Waals surface area contributed by atoms with Gasteiger partial charge < -0.3 is 10.1 Å². The summed E-state index contributed by atoms with van der Waals surface area (Å²) in [5.41, 5.74) is 3.05. The highest BCUT2D eigenvalue weighted by atomic mass is 16.5. The summed E-state index contributed by atoms with van der Waals surface area (Å²) in [6.07, 6.45) is 0.291. The van der Waals surface area contributed by atoms with Crippen LogP contribution in [-0.2, 0) is 4.79 Å². The molecule has 1 aromatic heterocycles. The molecule has 0 atom stereocenters. The third-order valence-electron chi connectivity index (χ3n) is 3.10. The fraction of sp³-hybridized carbons (Fsp3) is 0.333. The van der Waals surface area contributed by atoms with E-state index in [-0.39, 0.29) is 5.91 Å². The fourth-order valence-electron chi connectivity index (χ4n) is 1.77. The first-order valence-corrected chi connectivity index (χ1v) is 6.57. The van der Waals surface area contributed by atoms with E-state index in [1.54, 1.807) is 0 Å². The maximum Gasteiger partial charge on any atom is 0.229 e. The molecule has 2 rings (SSSR count). The second-order valence-electron chi connectivity index (χ2n) is 4.79. The van der Waals surface area contributed by atoms with Gasteiger partial charge in [-0.25, -0.2) is 0 Å². The Balaban J connectivity index is 1.80. The first-order chi connectivity index (χ1) is 9.56. The zero-order valence-corrected chi connectivity index (χ0v) is 12.0. The summed E-state index contributed by atoms with van der Waals surface area (Å²) in [5.74, 6) is 1.26. The molecule has 5 heteroatoms. The number of hydrogen-bond donors (Lipinski definition) is 2. The van der Waals surface area contributed by atoms with Gasteiger partial charge in [0.05, 0.1) is 13.0 Å². The Hall–Kier alpha value is -2.30. The Kier molecular flexibility index (Phi) is 4.40. The van der Waals surface area contributed by atoms with E-state index in [0.717, 1.165) is 22.6 Å². The van der Waals surface area contributed by atoms with Crippen molar-refractivity contribution in [1.29, 1.82) is 0 Å². The topological polar surface area (TPSA) is 67.0 Å². The molecule has 0 fully saturated rings. The van der Waals surface area contributed by atoms with Gasteiger partial charge in [-0.05, 0) is 38.5 Å². The Labute approximate surface area is 118 Å². The van der Waals surface area contributed by atoms with Crippen LogP contribution in [0.2, 0.25) is 0 Å². The van der Waals surface area contributed by atoms with E-state index in [1.807, 2.05) is 45.0 Å². The maximum absolute atomic E-state index is 11.8. The Morgan fingerprint density at radius 3 is 2.80 bits per heavy atom. The van der Waals surface area contributed by atoms with Crippen LogP contribution in [0.4, 0.5) is 5.82 Å². The van der Waals surface area contributed by atoms with E-state index in [4.69, 9.17) is 4.74 Å². The van der Waals surface area contributed by atoms with Crippen LogP contribution in [0.5, 0.6) is 5.75 Å². The van der Waals surface area contributed by atoms with Crippen LogP contribution in [0.25, 0.3) is 0 Å². The van der Waals surface area contributed by atoms with Gasteiger partial charge in [0.2, 0.25) is 5.91 Å². The number of nitrogens with zero attached hydrogens (tertiary/aromatic N) is 1. The number of nitrogens with one attached hydrogen (secondary N) is 2. The van der Waals surface area contributed by atoms with E-state index in [1.165, 1.54) is 0 Å². The van der Waals surface area contributed by atoms with Gasteiger partial charge in [0, 0.05) is 11.3 Å². The predicted molar refractivity (Wildman–Crippen MR) is 78.0 cm³/mol. The molecule has 0 aliphatic carbocycles. The van der Waals surface area contributed by atoms with Gasteiger partial charge in [-0.1, -0.05) is 12.1 Å². The minimum Gasteiger partial charge on any atom is -0.493 e. The number of amides is 1. The normalized spacial score (nSPS) is 10.3. The quantitative estimate of drug-likeness (QED) is 0.880. The van der Waals surface area contributed by atoms with Crippen LogP contribution >= 0.6 is 0 Å². The summed E-state index contributed by atoms with van der Waals surface area (Å²) in [4.78, 5) is 11.8. The molecule has 0 spiro atoms. The highest BCUT2D eigenvalue weighted by molar-refractivity contribution is 5.90. The molecule has 0 saturated carbocycles. The predicted octanol–water partition coefficient (Wildman–Crippen LogP) is 2.74. The van der Waals surface area contributed by atoms with Crippen molar-refractivity contribution in [3.8, 4) is 5.75 Å². The maximum atomic E-state index is 11.8. The van der Waals surface area contributed by atoms with Gasteiger partial charge in [-0.15, -0.1) is 0 Å². The highest BCUT2D eigenvalue weighted by Crippen LogP contribution is 2.15. The van der Waals surface area contributed by atoms with Gasteiger partial charge in [0.15, 0.2) is 5.82 Å². The number of rotatable bonds is 5. The highest BCUT2D eigenvalue weighted by Gasteiger charge is 2.09. The van der Waals surface area contributed by atoms with Gasteiger partial charge in [-0.3, -0.25) is 9.89 Å². The van der Waals surface area contributed by atoms with Crippen LogP contribution in [-0.4, -0.2) is 22.7 Å². The number of hydrogen-bond acceptors (Lipinski definition) is 3.